The van der Waals surface area contributed by atoms with Crippen molar-refractivity contribution in [3.8, 4) is 0 Å². The van der Waals surface area contributed by atoms with E-state index in [0.29, 0.717) is 11.6 Å². The lowest BCUT2D eigenvalue weighted by molar-refractivity contribution is 0.0945. The predicted octanol–water partition coefficient (Wildman–Crippen LogP) is 2.83. The number of benzene rings is 1. The zero-order valence-corrected chi connectivity index (χ0v) is 9.52. The molecule has 0 fully saturated rings. The Bertz CT molecular complexity index is 318. The maximum absolute atomic E-state index is 9.54. The first-order valence-electron chi connectivity index (χ1n) is 4.61. The predicted molar refractivity (Wildman–Crippen MR) is 61.0 cm³/mol. The first kappa shape index (κ1) is 11.3. The minimum atomic E-state index is -0.714. The summed E-state index contributed by atoms with van der Waals surface area (Å²) in [7, 11) is 0. The van der Waals surface area contributed by atoms with Crippen LogP contribution in [-0.2, 0) is 0 Å². The molecule has 2 nitrogen and oxygen atoms in total. The first-order chi connectivity index (χ1) is 6.38. The van der Waals surface area contributed by atoms with E-state index < -0.39 is 5.60 Å². The lowest BCUT2D eigenvalue weighted by Crippen LogP contribution is -2.29. The molecular formula is C11H16ClNO. The third-order valence-corrected chi connectivity index (χ3v) is 2.15. The van der Waals surface area contributed by atoms with Gasteiger partial charge in [0.2, 0.25) is 0 Å². The van der Waals surface area contributed by atoms with Gasteiger partial charge in [-0.25, -0.2) is 0 Å². The molecule has 78 valence electrons. The van der Waals surface area contributed by atoms with Gasteiger partial charge < -0.3 is 10.4 Å². The van der Waals surface area contributed by atoms with Crippen molar-refractivity contribution >= 4 is 17.3 Å². The highest BCUT2D eigenvalue weighted by Crippen LogP contribution is 2.20. The van der Waals surface area contributed by atoms with E-state index in [1.54, 1.807) is 13.8 Å². The van der Waals surface area contributed by atoms with Crippen LogP contribution in [0.25, 0.3) is 0 Å². The number of aryl methyl sites for hydroxylation is 1. The zero-order valence-electron chi connectivity index (χ0n) is 8.76. The van der Waals surface area contributed by atoms with Crippen LogP contribution in [0.5, 0.6) is 0 Å². The second kappa shape index (κ2) is 4.20. The Balaban J connectivity index is 2.72. The standard InChI is InChI=1S/C11H16ClNO/c1-8-4-5-9(12)6-10(8)13-7-11(2,3)14/h4-6,13-14H,7H2,1-3H3. The molecule has 0 aromatic heterocycles. The summed E-state index contributed by atoms with van der Waals surface area (Å²) in [4.78, 5) is 0. The van der Waals surface area contributed by atoms with E-state index in [2.05, 4.69) is 5.32 Å². The van der Waals surface area contributed by atoms with Crippen LogP contribution < -0.4 is 5.32 Å². The Morgan fingerprint density at radius 1 is 1.43 bits per heavy atom. The van der Waals surface area contributed by atoms with Gasteiger partial charge in [0.25, 0.3) is 0 Å². The lowest BCUT2D eigenvalue weighted by atomic mass is 10.1. The van der Waals surface area contributed by atoms with E-state index >= 15 is 0 Å². The number of hydrogen-bond donors (Lipinski definition) is 2. The summed E-state index contributed by atoms with van der Waals surface area (Å²) < 4.78 is 0. The van der Waals surface area contributed by atoms with E-state index in [9.17, 15) is 5.11 Å². The molecule has 3 heteroatoms. The number of halogens is 1. The number of hydrogen-bond acceptors (Lipinski definition) is 2. The molecule has 0 atom stereocenters. The van der Waals surface area contributed by atoms with Crippen LogP contribution in [0.3, 0.4) is 0 Å². The third kappa shape index (κ3) is 3.56. The fourth-order valence-corrected chi connectivity index (χ4v) is 1.27. The molecule has 1 aromatic carbocycles. The fourth-order valence-electron chi connectivity index (χ4n) is 1.10. The van der Waals surface area contributed by atoms with Gasteiger partial charge in [-0.1, -0.05) is 17.7 Å². The van der Waals surface area contributed by atoms with Crippen molar-refractivity contribution in [3.63, 3.8) is 0 Å². The summed E-state index contributed by atoms with van der Waals surface area (Å²) in [5.74, 6) is 0. The van der Waals surface area contributed by atoms with E-state index in [0.717, 1.165) is 11.3 Å². The van der Waals surface area contributed by atoms with Gasteiger partial charge in [0.15, 0.2) is 0 Å². The monoisotopic (exact) mass is 213 g/mol. The average Bonchev–Trinajstić information content (AvgIpc) is 2.05. The van der Waals surface area contributed by atoms with Crippen LogP contribution in [0.4, 0.5) is 5.69 Å². The smallest absolute Gasteiger partial charge is 0.0763 e. The summed E-state index contributed by atoms with van der Waals surface area (Å²) >= 11 is 5.86. The molecule has 1 aromatic rings. The molecule has 0 saturated carbocycles. The number of anilines is 1. The Labute approximate surface area is 89.9 Å². The molecule has 0 saturated heterocycles. The Hall–Kier alpha value is -0.730. The SMILES string of the molecule is Cc1ccc(Cl)cc1NCC(C)(C)O. The van der Waals surface area contributed by atoms with Gasteiger partial charge in [0.1, 0.15) is 0 Å². The quantitative estimate of drug-likeness (QED) is 0.810. The van der Waals surface area contributed by atoms with E-state index in [4.69, 9.17) is 11.6 Å². The molecule has 14 heavy (non-hydrogen) atoms. The number of rotatable bonds is 3. The van der Waals surface area contributed by atoms with Gasteiger partial charge in [0.05, 0.1) is 5.60 Å². The highest BCUT2D eigenvalue weighted by Gasteiger charge is 2.12. The van der Waals surface area contributed by atoms with E-state index in [1.165, 1.54) is 0 Å². The van der Waals surface area contributed by atoms with Crippen molar-refractivity contribution < 1.29 is 5.11 Å². The largest absolute Gasteiger partial charge is 0.389 e. The Morgan fingerprint density at radius 3 is 2.64 bits per heavy atom. The fraction of sp³-hybridized carbons (Fsp3) is 0.455. The summed E-state index contributed by atoms with van der Waals surface area (Å²) in [5.41, 5.74) is 1.38. The third-order valence-electron chi connectivity index (χ3n) is 1.91. The normalized spacial score (nSPS) is 11.5. The number of nitrogens with one attached hydrogen (secondary N) is 1. The van der Waals surface area contributed by atoms with Crippen LogP contribution >= 0.6 is 11.6 Å². The summed E-state index contributed by atoms with van der Waals surface area (Å²) in [5, 5.41) is 13.4. The molecule has 0 radical (unpaired) electrons. The lowest BCUT2D eigenvalue weighted by Gasteiger charge is -2.19. The molecule has 0 aliphatic carbocycles. The topological polar surface area (TPSA) is 32.3 Å². The van der Waals surface area contributed by atoms with E-state index in [1.807, 2.05) is 25.1 Å². The van der Waals surface area contributed by atoms with Gasteiger partial charge in [-0.05, 0) is 38.5 Å². The molecule has 0 unspecified atom stereocenters. The average molecular weight is 214 g/mol. The molecule has 0 aliphatic heterocycles. The van der Waals surface area contributed by atoms with Crippen LogP contribution in [-0.4, -0.2) is 17.3 Å². The van der Waals surface area contributed by atoms with Gasteiger partial charge >= 0.3 is 0 Å². The molecule has 2 N–H and O–H groups in total. The van der Waals surface area contributed by atoms with Gasteiger partial charge in [-0.15, -0.1) is 0 Å². The van der Waals surface area contributed by atoms with E-state index in [-0.39, 0.29) is 0 Å². The highest BCUT2D eigenvalue weighted by molar-refractivity contribution is 6.30. The maximum atomic E-state index is 9.54. The van der Waals surface area contributed by atoms with Crippen molar-refractivity contribution in [1.29, 1.82) is 0 Å². The molecular weight excluding hydrogens is 198 g/mol. The number of aliphatic hydroxyl groups is 1. The van der Waals surface area contributed by atoms with Crippen molar-refractivity contribution in [2.24, 2.45) is 0 Å². The zero-order chi connectivity index (χ0) is 10.8. The van der Waals surface area contributed by atoms with Crippen molar-refractivity contribution in [1.82, 2.24) is 0 Å². The maximum Gasteiger partial charge on any atom is 0.0763 e. The first-order valence-corrected chi connectivity index (χ1v) is 4.99. The molecule has 1 rings (SSSR count). The summed E-state index contributed by atoms with van der Waals surface area (Å²) in [6.45, 7) is 6.04. The van der Waals surface area contributed by atoms with Crippen LogP contribution in [0, 0.1) is 6.92 Å². The van der Waals surface area contributed by atoms with Crippen molar-refractivity contribution in [2.75, 3.05) is 11.9 Å². The Morgan fingerprint density at radius 2 is 2.07 bits per heavy atom. The highest BCUT2D eigenvalue weighted by atomic mass is 35.5. The minimum Gasteiger partial charge on any atom is -0.389 e. The molecule has 0 aliphatic rings. The van der Waals surface area contributed by atoms with Crippen LogP contribution in [0.1, 0.15) is 19.4 Å². The van der Waals surface area contributed by atoms with Crippen LogP contribution in [0.15, 0.2) is 18.2 Å². The van der Waals surface area contributed by atoms with Gasteiger partial charge in [-0.2, -0.15) is 0 Å². The summed E-state index contributed by atoms with van der Waals surface area (Å²) in [6, 6.07) is 5.67. The van der Waals surface area contributed by atoms with Crippen molar-refractivity contribution in [2.45, 2.75) is 26.4 Å². The molecule has 0 heterocycles. The Kier molecular flexibility index (Phi) is 3.40. The molecule has 0 bridgehead atoms. The van der Waals surface area contributed by atoms with Crippen LogP contribution in [0.2, 0.25) is 5.02 Å². The molecule has 0 amide bonds. The molecule has 0 spiro atoms. The minimum absolute atomic E-state index is 0.508. The van der Waals surface area contributed by atoms with Crippen molar-refractivity contribution in [3.05, 3.63) is 28.8 Å². The second-order valence-electron chi connectivity index (χ2n) is 4.13. The van der Waals surface area contributed by atoms with Gasteiger partial charge in [0, 0.05) is 17.3 Å². The van der Waals surface area contributed by atoms with Gasteiger partial charge in [-0.3, -0.25) is 0 Å². The summed E-state index contributed by atoms with van der Waals surface area (Å²) in [6.07, 6.45) is 0. The second-order valence-corrected chi connectivity index (χ2v) is 4.56.